The summed E-state index contributed by atoms with van der Waals surface area (Å²) in [6.45, 7) is 13.2. The van der Waals surface area contributed by atoms with E-state index < -0.39 is 21.5 Å². The van der Waals surface area contributed by atoms with Crippen LogP contribution in [0.15, 0.2) is 0 Å². The van der Waals surface area contributed by atoms with Crippen LogP contribution in [0.25, 0.3) is 0 Å². The highest BCUT2D eigenvalue weighted by Gasteiger charge is 2.37. The van der Waals surface area contributed by atoms with Gasteiger partial charge in [0.15, 0.2) is 0 Å². The minimum atomic E-state index is -3.46. The Morgan fingerprint density at radius 1 is 1.21 bits per heavy atom. The first-order chi connectivity index (χ1) is 10.7. The number of amides is 1. The van der Waals surface area contributed by atoms with Crippen molar-refractivity contribution in [2.75, 3.05) is 19.4 Å². The molecular weight excluding hydrogens is 328 g/mol. The van der Waals surface area contributed by atoms with E-state index in [0.717, 1.165) is 25.7 Å². The molecule has 142 valence electrons. The summed E-state index contributed by atoms with van der Waals surface area (Å²) in [7, 11) is -3.46. The Morgan fingerprint density at radius 3 is 2.25 bits per heavy atom. The highest BCUT2D eigenvalue weighted by molar-refractivity contribution is 7.88. The van der Waals surface area contributed by atoms with Gasteiger partial charge in [-0.25, -0.2) is 13.1 Å². The smallest absolute Gasteiger partial charge is 0.238 e. The summed E-state index contributed by atoms with van der Waals surface area (Å²) in [4.78, 5) is 12.6. The lowest BCUT2D eigenvalue weighted by Crippen LogP contribution is -2.55. The zero-order valence-electron chi connectivity index (χ0n) is 16.1. The molecule has 0 aromatic heterocycles. The molecule has 0 spiro atoms. The van der Waals surface area contributed by atoms with Crippen molar-refractivity contribution in [3.63, 3.8) is 0 Å². The average molecular weight is 363 g/mol. The van der Waals surface area contributed by atoms with E-state index in [0.29, 0.717) is 6.54 Å². The molecule has 2 N–H and O–H groups in total. The largest absolute Gasteiger partial charge is 0.377 e. The van der Waals surface area contributed by atoms with Crippen molar-refractivity contribution in [1.29, 1.82) is 0 Å². The van der Waals surface area contributed by atoms with Crippen LogP contribution in [0.4, 0.5) is 0 Å². The van der Waals surface area contributed by atoms with Crippen LogP contribution in [0.2, 0.25) is 0 Å². The molecule has 0 radical (unpaired) electrons. The summed E-state index contributed by atoms with van der Waals surface area (Å²) < 4.78 is 31.5. The van der Waals surface area contributed by atoms with Gasteiger partial charge in [0, 0.05) is 19.1 Å². The van der Waals surface area contributed by atoms with Crippen LogP contribution in [0.3, 0.4) is 0 Å². The van der Waals surface area contributed by atoms with Crippen molar-refractivity contribution in [3.8, 4) is 0 Å². The Morgan fingerprint density at radius 2 is 1.79 bits per heavy atom. The highest BCUT2D eigenvalue weighted by atomic mass is 32.2. The van der Waals surface area contributed by atoms with E-state index in [-0.39, 0.29) is 23.3 Å². The number of carbonyl (C=O) groups is 1. The van der Waals surface area contributed by atoms with Gasteiger partial charge in [-0.15, -0.1) is 0 Å². The van der Waals surface area contributed by atoms with Gasteiger partial charge in [0.05, 0.1) is 12.4 Å². The van der Waals surface area contributed by atoms with Crippen molar-refractivity contribution in [1.82, 2.24) is 10.0 Å². The van der Waals surface area contributed by atoms with Gasteiger partial charge in [0.1, 0.15) is 6.04 Å². The van der Waals surface area contributed by atoms with E-state index in [1.54, 1.807) is 0 Å². The van der Waals surface area contributed by atoms with Crippen LogP contribution >= 0.6 is 0 Å². The maximum absolute atomic E-state index is 12.6. The fraction of sp³-hybridized carbons (Fsp3) is 0.941. The first-order valence-electron chi connectivity index (χ1n) is 8.58. The van der Waals surface area contributed by atoms with Crippen molar-refractivity contribution in [2.24, 2.45) is 16.7 Å². The Hall–Kier alpha value is -0.660. The maximum Gasteiger partial charge on any atom is 0.238 e. The lowest BCUT2D eigenvalue weighted by atomic mass is 9.78. The van der Waals surface area contributed by atoms with Crippen molar-refractivity contribution >= 4 is 15.9 Å². The molecule has 0 aromatic carbocycles. The van der Waals surface area contributed by atoms with Gasteiger partial charge >= 0.3 is 0 Å². The molecule has 7 heteroatoms. The Balaban J connectivity index is 2.77. The SMILES string of the molecule is CC(C)(C)C(NS(C)(=O)=O)C(=O)NCC1CCCOC1C(C)(C)C. The Bertz CT molecular complexity index is 532. The normalized spacial score (nSPS) is 24.5. The first-order valence-corrected chi connectivity index (χ1v) is 10.5. The number of rotatable bonds is 5. The number of sulfonamides is 1. The fourth-order valence-electron chi connectivity index (χ4n) is 3.18. The predicted octanol–water partition coefficient (Wildman–Crippen LogP) is 1.91. The van der Waals surface area contributed by atoms with E-state index in [4.69, 9.17) is 4.74 Å². The lowest BCUT2D eigenvalue weighted by Gasteiger charge is -2.40. The summed E-state index contributed by atoms with van der Waals surface area (Å²) in [6, 6.07) is -0.801. The van der Waals surface area contributed by atoms with Gasteiger partial charge in [-0.1, -0.05) is 41.5 Å². The minimum Gasteiger partial charge on any atom is -0.377 e. The highest BCUT2D eigenvalue weighted by Crippen LogP contribution is 2.33. The summed E-state index contributed by atoms with van der Waals surface area (Å²) in [6.07, 6.45) is 3.14. The fourth-order valence-corrected chi connectivity index (χ4v) is 4.07. The van der Waals surface area contributed by atoms with Gasteiger partial charge in [-0.3, -0.25) is 4.79 Å². The van der Waals surface area contributed by atoms with E-state index in [1.807, 2.05) is 20.8 Å². The monoisotopic (exact) mass is 362 g/mol. The van der Waals surface area contributed by atoms with Gasteiger partial charge in [0.25, 0.3) is 0 Å². The third-order valence-corrected chi connectivity index (χ3v) is 4.96. The maximum atomic E-state index is 12.6. The van der Waals surface area contributed by atoms with Gasteiger partial charge in [0.2, 0.25) is 15.9 Å². The molecule has 1 aliphatic heterocycles. The molecule has 1 rings (SSSR count). The second-order valence-corrected chi connectivity index (χ2v) is 10.8. The van der Waals surface area contributed by atoms with Crippen LogP contribution in [0, 0.1) is 16.7 Å². The Labute approximate surface area is 147 Å². The van der Waals surface area contributed by atoms with E-state index in [1.165, 1.54) is 0 Å². The zero-order valence-corrected chi connectivity index (χ0v) is 16.9. The Kier molecular flexibility index (Phi) is 6.86. The van der Waals surface area contributed by atoms with Crippen LogP contribution in [-0.4, -0.2) is 45.9 Å². The number of hydrogen-bond acceptors (Lipinski definition) is 4. The third-order valence-electron chi connectivity index (χ3n) is 4.30. The van der Waals surface area contributed by atoms with Crippen LogP contribution in [0.5, 0.6) is 0 Å². The number of nitrogens with one attached hydrogen (secondary N) is 2. The molecule has 1 aliphatic rings. The van der Waals surface area contributed by atoms with Crippen molar-refractivity contribution < 1.29 is 17.9 Å². The lowest BCUT2D eigenvalue weighted by molar-refractivity contribution is -0.126. The molecule has 1 fully saturated rings. The predicted molar refractivity (Wildman–Crippen MR) is 96.2 cm³/mol. The average Bonchev–Trinajstić information content (AvgIpc) is 2.39. The zero-order chi connectivity index (χ0) is 18.8. The summed E-state index contributed by atoms with van der Waals surface area (Å²) in [5.74, 6) is -0.0484. The number of carbonyl (C=O) groups excluding carboxylic acids is 1. The van der Waals surface area contributed by atoms with E-state index >= 15 is 0 Å². The van der Waals surface area contributed by atoms with Crippen LogP contribution in [0.1, 0.15) is 54.4 Å². The minimum absolute atomic E-state index is 0.00422. The van der Waals surface area contributed by atoms with Crippen molar-refractivity contribution in [3.05, 3.63) is 0 Å². The number of hydrogen-bond donors (Lipinski definition) is 2. The van der Waals surface area contributed by atoms with E-state index in [2.05, 4.69) is 30.8 Å². The number of ether oxygens (including phenoxy) is 1. The van der Waals surface area contributed by atoms with E-state index in [9.17, 15) is 13.2 Å². The van der Waals surface area contributed by atoms with Gasteiger partial charge < -0.3 is 10.1 Å². The molecule has 3 atom stereocenters. The quantitative estimate of drug-likeness (QED) is 0.782. The molecule has 1 saturated heterocycles. The second kappa shape index (κ2) is 7.70. The summed E-state index contributed by atoms with van der Waals surface area (Å²) in [5, 5.41) is 2.94. The molecule has 1 heterocycles. The molecule has 0 saturated carbocycles. The summed E-state index contributed by atoms with van der Waals surface area (Å²) in [5.41, 5.74) is -0.510. The van der Waals surface area contributed by atoms with Gasteiger partial charge in [-0.05, 0) is 23.7 Å². The molecule has 6 nitrogen and oxygen atoms in total. The molecule has 1 amide bonds. The van der Waals surface area contributed by atoms with Crippen molar-refractivity contribution in [2.45, 2.75) is 66.5 Å². The van der Waals surface area contributed by atoms with Crippen LogP contribution < -0.4 is 10.0 Å². The molecule has 3 unspecified atom stereocenters. The topological polar surface area (TPSA) is 84.5 Å². The molecule has 0 bridgehead atoms. The van der Waals surface area contributed by atoms with Crippen LogP contribution in [-0.2, 0) is 19.6 Å². The second-order valence-electron chi connectivity index (χ2n) is 8.99. The van der Waals surface area contributed by atoms with Gasteiger partial charge in [-0.2, -0.15) is 0 Å². The molecule has 0 aliphatic carbocycles. The standard InChI is InChI=1S/C17H34N2O4S/c1-16(2,3)13(19-24(7,21)22)15(20)18-11-12-9-8-10-23-14(12)17(4,5)6/h12-14,19H,8-11H2,1-7H3,(H,18,20). The molecular formula is C17H34N2O4S. The summed E-state index contributed by atoms with van der Waals surface area (Å²) >= 11 is 0. The first kappa shape index (κ1) is 21.4. The molecule has 24 heavy (non-hydrogen) atoms. The third kappa shape index (κ3) is 6.69. The molecule has 0 aromatic rings.